The number of hydrogen-bond acceptors (Lipinski definition) is 3. The molecule has 8 rings (SSSR count). The van der Waals surface area contributed by atoms with Crippen LogP contribution >= 0.6 is 0 Å². The number of benzene rings is 6. The second kappa shape index (κ2) is 10.0. The van der Waals surface area contributed by atoms with E-state index in [4.69, 9.17) is 9.97 Å². The van der Waals surface area contributed by atoms with Gasteiger partial charge in [0.15, 0.2) is 5.82 Å². The highest BCUT2D eigenvalue weighted by atomic mass is 14.9. The van der Waals surface area contributed by atoms with Gasteiger partial charge in [0.25, 0.3) is 0 Å². The van der Waals surface area contributed by atoms with E-state index in [-0.39, 0.29) is 0 Å². The van der Waals surface area contributed by atoms with E-state index in [2.05, 4.69) is 119 Å². The zero-order valence-electron chi connectivity index (χ0n) is 22.8. The van der Waals surface area contributed by atoms with Crippen molar-refractivity contribution >= 4 is 44.0 Å². The van der Waals surface area contributed by atoms with Gasteiger partial charge >= 0.3 is 0 Å². The highest BCUT2D eigenvalue weighted by molar-refractivity contribution is 6.04. The van der Waals surface area contributed by atoms with Crippen molar-refractivity contribution < 1.29 is 0 Å². The van der Waals surface area contributed by atoms with Crippen molar-refractivity contribution in [3.8, 4) is 33.8 Å². The Morgan fingerprint density at radius 3 is 2.17 bits per heavy atom. The van der Waals surface area contributed by atoms with Gasteiger partial charge in [0, 0.05) is 44.9 Å². The highest BCUT2D eigenvalue weighted by Crippen LogP contribution is 2.38. The molecule has 6 aromatic carbocycles. The molecule has 0 bridgehead atoms. The van der Waals surface area contributed by atoms with Gasteiger partial charge in [-0.2, -0.15) is 0 Å². The standard InChI is InChI=1S/C38H26N4/c1-2-9-26(10-3-1)36-33-12-6-7-13-35(33)41-38(42-36)27-14-18-30(19-15-27)40-37-31-11-5-4-8-25(31)16-20-32(37)28-17-21-34-29(24-28)22-23-39-34/h1-24,39-40H. The van der Waals surface area contributed by atoms with Gasteiger partial charge in [-0.25, -0.2) is 9.97 Å². The Bertz CT molecular complexity index is 2210. The monoisotopic (exact) mass is 538 g/mol. The van der Waals surface area contributed by atoms with Crippen LogP contribution in [0.5, 0.6) is 0 Å². The van der Waals surface area contributed by atoms with Crippen molar-refractivity contribution in [3.05, 3.63) is 146 Å². The maximum absolute atomic E-state index is 5.04. The van der Waals surface area contributed by atoms with E-state index in [9.17, 15) is 0 Å². The molecule has 0 atom stereocenters. The molecule has 0 saturated carbocycles. The van der Waals surface area contributed by atoms with Crippen LogP contribution in [-0.2, 0) is 0 Å². The largest absolute Gasteiger partial charge is 0.361 e. The van der Waals surface area contributed by atoms with E-state index in [1.807, 2.05) is 36.5 Å². The number of hydrogen-bond donors (Lipinski definition) is 2. The SMILES string of the molecule is c1ccc(-c2nc(-c3ccc(Nc4c(-c5ccc6[nH]ccc6c5)ccc5ccccc45)cc3)nc3ccccc23)cc1. The summed E-state index contributed by atoms with van der Waals surface area (Å²) in [6.07, 6.45) is 1.98. The third-order valence-corrected chi connectivity index (χ3v) is 7.86. The summed E-state index contributed by atoms with van der Waals surface area (Å²) in [6, 6.07) is 48.5. The summed E-state index contributed by atoms with van der Waals surface area (Å²) in [6.45, 7) is 0. The van der Waals surface area contributed by atoms with Crippen LogP contribution in [0.15, 0.2) is 146 Å². The zero-order chi connectivity index (χ0) is 27.9. The number of H-pyrrole nitrogens is 1. The Hall–Kier alpha value is -5.74. The molecule has 0 saturated heterocycles. The maximum Gasteiger partial charge on any atom is 0.160 e. The molecule has 8 aromatic rings. The fourth-order valence-corrected chi connectivity index (χ4v) is 5.74. The molecule has 0 aliphatic carbocycles. The van der Waals surface area contributed by atoms with Crippen LogP contribution in [0.1, 0.15) is 0 Å². The molecule has 0 aliphatic rings. The average Bonchev–Trinajstić information content (AvgIpc) is 3.53. The van der Waals surface area contributed by atoms with E-state index in [1.165, 1.54) is 21.7 Å². The summed E-state index contributed by atoms with van der Waals surface area (Å²) in [4.78, 5) is 13.3. The van der Waals surface area contributed by atoms with Crippen molar-refractivity contribution in [2.24, 2.45) is 0 Å². The Morgan fingerprint density at radius 1 is 0.524 bits per heavy atom. The minimum atomic E-state index is 0.713. The second-order valence-electron chi connectivity index (χ2n) is 10.5. The smallest absolute Gasteiger partial charge is 0.160 e. The number of rotatable bonds is 5. The van der Waals surface area contributed by atoms with Gasteiger partial charge in [-0.15, -0.1) is 0 Å². The van der Waals surface area contributed by atoms with Crippen molar-refractivity contribution in [2.75, 3.05) is 5.32 Å². The maximum atomic E-state index is 5.04. The number of aromatic amines is 1. The normalized spacial score (nSPS) is 11.3. The van der Waals surface area contributed by atoms with Crippen LogP contribution in [0.25, 0.3) is 66.4 Å². The summed E-state index contributed by atoms with van der Waals surface area (Å²) in [5, 5.41) is 8.37. The van der Waals surface area contributed by atoms with Crippen LogP contribution < -0.4 is 5.32 Å². The molecule has 0 fully saturated rings. The number of nitrogens with one attached hydrogen (secondary N) is 2. The lowest BCUT2D eigenvalue weighted by atomic mass is 9.97. The van der Waals surface area contributed by atoms with Gasteiger partial charge in [-0.3, -0.25) is 0 Å². The number of anilines is 2. The summed E-state index contributed by atoms with van der Waals surface area (Å²) < 4.78 is 0. The predicted octanol–water partition coefficient (Wildman–Crippen LogP) is 10.0. The van der Waals surface area contributed by atoms with Crippen molar-refractivity contribution in [2.45, 2.75) is 0 Å². The third kappa shape index (κ3) is 4.27. The molecule has 4 heteroatoms. The van der Waals surface area contributed by atoms with Crippen molar-refractivity contribution in [1.29, 1.82) is 0 Å². The topological polar surface area (TPSA) is 53.6 Å². The minimum absolute atomic E-state index is 0.713. The first-order valence-electron chi connectivity index (χ1n) is 14.1. The van der Waals surface area contributed by atoms with Gasteiger partial charge in [0.2, 0.25) is 0 Å². The molecule has 0 radical (unpaired) electrons. The van der Waals surface area contributed by atoms with E-state index in [0.717, 1.165) is 50.2 Å². The van der Waals surface area contributed by atoms with Crippen LogP contribution in [0.2, 0.25) is 0 Å². The fraction of sp³-hybridized carbons (Fsp3) is 0. The van der Waals surface area contributed by atoms with Crippen molar-refractivity contribution in [3.63, 3.8) is 0 Å². The Balaban J connectivity index is 1.20. The first-order valence-corrected chi connectivity index (χ1v) is 14.1. The molecular formula is C38H26N4. The third-order valence-electron chi connectivity index (χ3n) is 7.86. The van der Waals surface area contributed by atoms with Gasteiger partial charge in [-0.1, -0.05) is 91.0 Å². The lowest BCUT2D eigenvalue weighted by Crippen LogP contribution is -1.97. The van der Waals surface area contributed by atoms with Gasteiger partial charge < -0.3 is 10.3 Å². The summed E-state index contributed by atoms with van der Waals surface area (Å²) in [7, 11) is 0. The van der Waals surface area contributed by atoms with Crippen molar-refractivity contribution in [1.82, 2.24) is 15.0 Å². The first-order chi connectivity index (χ1) is 20.8. The molecule has 2 N–H and O–H groups in total. The van der Waals surface area contributed by atoms with Crippen LogP contribution in [0.4, 0.5) is 11.4 Å². The molecule has 0 aliphatic heterocycles. The molecule has 0 amide bonds. The summed E-state index contributed by atoms with van der Waals surface area (Å²) >= 11 is 0. The van der Waals surface area contributed by atoms with E-state index >= 15 is 0 Å². The van der Waals surface area contributed by atoms with Gasteiger partial charge in [0.05, 0.1) is 16.9 Å². The molecule has 2 heterocycles. The summed E-state index contributed by atoms with van der Waals surface area (Å²) in [5.41, 5.74) is 9.48. The number of fused-ring (bicyclic) bond motifs is 3. The minimum Gasteiger partial charge on any atom is -0.361 e. The number of para-hydroxylation sites is 1. The zero-order valence-corrected chi connectivity index (χ0v) is 22.8. The van der Waals surface area contributed by atoms with Crippen LogP contribution in [0.3, 0.4) is 0 Å². The second-order valence-corrected chi connectivity index (χ2v) is 10.5. The molecular weight excluding hydrogens is 512 g/mol. The average molecular weight is 539 g/mol. The first kappa shape index (κ1) is 24.1. The van der Waals surface area contributed by atoms with E-state index < -0.39 is 0 Å². The molecule has 0 unspecified atom stereocenters. The van der Waals surface area contributed by atoms with Crippen LogP contribution in [-0.4, -0.2) is 15.0 Å². The van der Waals surface area contributed by atoms with E-state index in [0.29, 0.717) is 5.82 Å². The van der Waals surface area contributed by atoms with E-state index in [1.54, 1.807) is 0 Å². The fourth-order valence-electron chi connectivity index (χ4n) is 5.74. The molecule has 0 spiro atoms. The van der Waals surface area contributed by atoms with Gasteiger partial charge in [0.1, 0.15) is 0 Å². The quantitative estimate of drug-likeness (QED) is 0.229. The molecule has 4 nitrogen and oxygen atoms in total. The number of aromatic nitrogens is 3. The van der Waals surface area contributed by atoms with Gasteiger partial charge in [-0.05, 0) is 64.9 Å². The summed E-state index contributed by atoms with van der Waals surface area (Å²) in [5.74, 6) is 0.713. The molecule has 42 heavy (non-hydrogen) atoms. The number of nitrogens with zero attached hydrogens (tertiary/aromatic N) is 2. The lowest BCUT2D eigenvalue weighted by molar-refractivity contribution is 1.23. The Morgan fingerprint density at radius 2 is 1.29 bits per heavy atom. The van der Waals surface area contributed by atoms with Crippen LogP contribution in [0, 0.1) is 0 Å². The lowest BCUT2D eigenvalue weighted by Gasteiger charge is -2.16. The molecule has 198 valence electrons. The Kier molecular flexibility index (Phi) is 5.75. The highest BCUT2D eigenvalue weighted by Gasteiger charge is 2.13. The molecule has 2 aromatic heterocycles. The Labute approximate surface area is 243 Å². The predicted molar refractivity (Wildman–Crippen MR) is 175 cm³/mol.